The fraction of sp³-hybridized carbons (Fsp3) is 0.385. The molecule has 1 unspecified atom stereocenters. The normalized spacial score (nSPS) is 17.3. The van der Waals surface area contributed by atoms with Crippen molar-refractivity contribution in [3.05, 3.63) is 90.0 Å². The number of rotatable bonds is 10. The molecule has 186 valence electrons. The van der Waals surface area contributed by atoms with Crippen LogP contribution in [0.3, 0.4) is 0 Å². The predicted octanol–water partition coefficient (Wildman–Crippen LogP) is 1.78. The van der Waals surface area contributed by atoms with Crippen molar-refractivity contribution in [2.24, 2.45) is 0 Å². The number of piperazine rings is 1. The lowest BCUT2D eigenvalue weighted by molar-refractivity contribution is -0.126. The third kappa shape index (κ3) is 7.00. The lowest BCUT2D eigenvalue weighted by Gasteiger charge is -2.39. The molecule has 9 heteroatoms. The summed E-state index contributed by atoms with van der Waals surface area (Å²) in [6, 6.07) is 19.6. The molecule has 3 aromatic rings. The highest BCUT2D eigenvalue weighted by Gasteiger charge is 2.37. The van der Waals surface area contributed by atoms with E-state index in [0.717, 1.165) is 18.7 Å². The molecule has 0 radical (unpaired) electrons. The van der Waals surface area contributed by atoms with E-state index >= 15 is 0 Å². The summed E-state index contributed by atoms with van der Waals surface area (Å²) in [7, 11) is -3.49. The molecule has 4 rings (SSSR count). The van der Waals surface area contributed by atoms with Gasteiger partial charge in [-0.05, 0) is 17.5 Å². The first-order valence-electron chi connectivity index (χ1n) is 11.9. The fourth-order valence-electron chi connectivity index (χ4n) is 4.48. The molecule has 0 saturated carbocycles. The Morgan fingerprint density at radius 2 is 1.69 bits per heavy atom. The average molecular weight is 496 g/mol. The Balaban J connectivity index is 1.34. The zero-order chi connectivity index (χ0) is 24.7. The summed E-state index contributed by atoms with van der Waals surface area (Å²) in [4.78, 5) is 19.5. The van der Waals surface area contributed by atoms with E-state index in [0.29, 0.717) is 39.1 Å². The zero-order valence-corrected chi connectivity index (χ0v) is 20.9. The van der Waals surface area contributed by atoms with E-state index in [-0.39, 0.29) is 5.91 Å². The summed E-state index contributed by atoms with van der Waals surface area (Å²) in [5, 5.41) is 2.97. The summed E-state index contributed by atoms with van der Waals surface area (Å²) in [6.07, 6.45) is 6.25. The Morgan fingerprint density at radius 3 is 2.37 bits per heavy atom. The predicted molar refractivity (Wildman–Crippen MR) is 136 cm³/mol. The molecular weight excluding hydrogens is 462 g/mol. The SMILES string of the molecule is CS(=O)(=O)N1CCN(CCc2ccccc2)CC1C(=O)NCCc1cncn1Cc1ccccc1. The van der Waals surface area contributed by atoms with Gasteiger partial charge in [0.1, 0.15) is 6.04 Å². The standard InChI is InChI=1S/C26H33N5O3S/c1-35(33,34)31-17-16-29(15-13-22-8-4-2-5-9-22)20-25(31)26(32)28-14-12-24-18-27-21-30(24)19-23-10-6-3-7-11-23/h2-11,18,21,25H,12-17,19-20H2,1H3,(H,28,32). The quantitative estimate of drug-likeness (QED) is 0.463. The fourth-order valence-corrected chi connectivity index (χ4v) is 5.52. The first kappa shape index (κ1) is 25.1. The molecule has 1 atom stereocenters. The van der Waals surface area contributed by atoms with E-state index in [1.54, 1.807) is 6.33 Å². The molecule has 1 aromatic heterocycles. The Kier molecular flexibility index (Phi) is 8.33. The van der Waals surface area contributed by atoms with Gasteiger partial charge in [-0.3, -0.25) is 9.69 Å². The molecule has 1 N–H and O–H groups in total. The van der Waals surface area contributed by atoms with Crippen LogP contribution >= 0.6 is 0 Å². The molecule has 0 spiro atoms. The highest BCUT2D eigenvalue weighted by atomic mass is 32.2. The number of aromatic nitrogens is 2. The van der Waals surface area contributed by atoms with Crippen LogP contribution in [0.5, 0.6) is 0 Å². The molecule has 1 amide bonds. The number of imidazole rings is 1. The van der Waals surface area contributed by atoms with Crippen molar-refractivity contribution >= 4 is 15.9 Å². The van der Waals surface area contributed by atoms with Crippen molar-refractivity contribution in [3.63, 3.8) is 0 Å². The van der Waals surface area contributed by atoms with Crippen LogP contribution < -0.4 is 5.32 Å². The summed E-state index contributed by atoms with van der Waals surface area (Å²) in [6.45, 7) is 3.22. The third-order valence-electron chi connectivity index (χ3n) is 6.38. The number of hydrogen-bond acceptors (Lipinski definition) is 5. The maximum atomic E-state index is 13.1. The Bertz CT molecular complexity index is 1200. The molecule has 2 heterocycles. The van der Waals surface area contributed by atoms with Gasteiger partial charge in [-0.15, -0.1) is 0 Å². The van der Waals surface area contributed by atoms with E-state index in [1.807, 2.05) is 42.6 Å². The molecule has 1 aliphatic heterocycles. The van der Waals surface area contributed by atoms with Crippen LogP contribution in [0, 0.1) is 0 Å². The van der Waals surface area contributed by atoms with Crippen LogP contribution in [-0.4, -0.2) is 78.1 Å². The Labute approximate surface area is 207 Å². The summed E-state index contributed by atoms with van der Waals surface area (Å²) < 4.78 is 28.2. The van der Waals surface area contributed by atoms with Gasteiger partial charge in [-0.25, -0.2) is 13.4 Å². The molecule has 1 fully saturated rings. The maximum Gasteiger partial charge on any atom is 0.239 e. The minimum Gasteiger partial charge on any atom is -0.354 e. The van der Waals surface area contributed by atoms with Gasteiger partial charge in [0.25, 0.3) is 0 Å². The second-order valence-electron chi connectivity index (χ2n) is 8.97. The number of carbonyl (C=O) groups excluding carboxylic acids is 1. The second-order valence-corrected chi connectivity index (χ2v) is 10.9. The second kappa shape index (κ2) is 11.6. The lowest BCUT2D eigenvalue weighted by atomic mass is 10.1. The van der Waals surface area contributed by atoms with Crippen molar-refractivity contribution in [2.45, 2.75) is 25.4 Å². The Hall–Kier alpha value is -3.01. The number of carbonyl (C=O) groups is 1. The van der Waals surface area contributed by atoms with Crippen LogP contribution in [-0.2, 0) is 34.2 Å². The first-order chi connectivity index (χ1) is 16.9. The Morgan fingerprint density at radius 1 is 1.00 bits per heavy atom. The summed E-state index contributed by atoms with van der Waals surface area (Å²) in [5.74, 6) is -0.256. The number of nitrogens with zero attached hydrogens (tertiary/aromatic N) is 4. The minimum atomic E-state index is -3.49. The van der Waals surface area contributed by atoms with Gasteiger partial charge < -0.3 is 9.88 Å². The molecule has 1 aliphatic rings. The number of sulfonamides is 1. The van der Waals surface area contributed by atoms with E-state index in [4.69, 9.17) is 0 Å². The third-order valence-corrected chi connectivity index (χ3v) is 7.67. The van der Waals surface area contributed by atoms with E-state index in [9.17, 15) is 13.2 Å². The molecule has 0 bridgehead atoms. The van der Waals surface area contributed by atoms with Gasteiger partial charge in [0.2, 0.25) is 15.9 Å². The molecule has 8 nitrogen and oxygen atoms in total. The van der Waals surface area contributed by atoms with Crippen LogP contribution in [0.4, 0.5) is 0 Å². The van der Waals surface area contributed by atoms with E-state index in [2.05, 4.69) is 44.0 Å². The van der Waals surface area contributed by atoms with Crippen molar-refractivity contribution < 1.29 is 13.2 Å². The highest BCUT2D eigenvalue weighted by Crippen LogP contribution is 2.15. The van der Waals surface area contributed by atoms with Crippen LogP contribution in [0.25, 0.3) is 0 Å². The zero-order valence-electron chi connectivity index (χ0n) is 20.1. The van der Waals surface area contributed by atoms with Crippen molar-refractivity contribution in [3.8, 4) is 0 Å². The minimum absolute atomic E-state index is 0.256. The number of nitrogens with one attached hydrogen (secondary N) is 1. The summed E-state index contributed by atoms with van der Waals surface area (Å²) >= 11 is 0. The van der Waals surface area contributed by atoms with Gasteiger partial charge in [0.15, 0.2) is 0 Å². The van der Waals surface area contributed by atoms with Gasteiger partial charge in [0.05, 0.1) is 12.6 Å². The van der Waals surface area contributed by atoms with Crippen molar-refractivity contribution in [1.29, 1.82) is 0 Å². The molecule has 0 aliphatic carbocycles. The van der Waals surface area contributed by atoms with Crippen LogP contribution in [0.15, 0.2) is 73.2 Å². The number of amides is 1. The number of hydrogen-bond donors (Lipinski definition) is 1. The monoisotopic (exact) mass is 495 g/mol. The average Bonchev–Trinajstić information content (AvgIpc) is 3.30. The lowest BCUT2D eigenvalue weighted by Crippen LogP contribution is -2.60. The van der Waals surface area contributed by atoms with Crippen LogP contribution in [0.1, 0.15) is 16.8 Å². The van der Waals surface area contributed by atoms with Gasteiger partial charge in [-0.1, -0.05) is 60.7 Å². The van der Waals surface area contributed by atoms with Gasteiger partial charge >= 0.3 is 0 Å². The largest absolute Gasteiger partial charge is 0.354 e. The molecule has 2 aromatic carbocycles. The van der Waals surface area contributed by atoms with E-state index < -0.39 is 16.1 Å². The van der Waals surface area contributed by atoms with E-state index in [1.165, 1.54) is 21.7 Å². The molecular formula is C26H33N5O3S. The van der Waals surface area contributed by atoms with Gasteiger partial charge in [0, 0.05) is 57.6 Å². The smallest absolute Gasteiger partial charge is 0.239 e. The first-order valence-corrected chi connectivity index (χ1v) is 13.8. The maximum absolute atomic E-state index is 13.1. The molecule has 1 saturated heterocycles. The number of benzene rings is 2. The van der Waals surface area contributed by atoms with Crippen molar-refractivity contribution in [1.82, 2.24) is 24.1 Å². The topological polar surface area (TPSA) is 87.5 Å². The van der Waals surface area contributed by atoms with Crippen LogP contribution in [0.2, 0.25) is 0 Å². The highest BCUT2D eigenvalue weighted by molar-refractivity contribution is 7.88. The van der Waals surface area contributed by atoms with Crippen molar-refractivity contribution in [2.75, 3.05) is 39.0 Å². The summed E-state index contributed by atoms with van der Waals surface area (Å²) in [5.41, 5.74) is 3.42. The van der Waals surface area contributed by atoms with Gasteiger partial charge in [-0.2, -0.15) is 4.31 Å². The molecule has 35 heavy (non-hydrogen) atoms.